The number of fused-ring (bicyclic) bond motifs is 2. The zero-order valence-corrected chi connectivity index (χ0v) is 20.2. The van der Waals surface area contributed by atoms with Crippen molar-refractivity contribution in [1.29, 1.82) is 0 Å². The van der Waals surface area contributed by atoms with E-state index in [1.165, 1.54) is 24.3 Å². The Bertz CT molecular complexity index is 1480. The quantitative estimate of drug-likeness (QED) is 0.593. The van der Waals surface area contributed by atoms with E-state index >= 15 is 0 Å². The molecular formula is C23H24N2O6S2. The molecule has 33 heavy (non-hydrogen) atoms. The molecule has 0 atom stereocenters. The van der Waals surface area contributed by atoms with Crippen LogP contribution in [0.1, 0.15) is 45.2 Å². The Morgan fingerprint density at radius 1 is 0.788 bits per heavy atom. The number of hydrogen-bond acceptors (Lipinski definition) is 6. The molecule has 8 nitrogen and oxygen atoms in total. The van der Waals surface area contributed by atoms with Crippen molar-refractivity contribution in [2.24, 2.45) is 9.98 Å². The second-order valence-corrected chi connectivity index (χ2v) is 12.1. The number of rotatable bonds is 5. The van der Waals surface area contributed by atoms with Gasteiger partial charge in [0.15, 0.2) is 0 Å². The number of allylic oxidation sites excluding steroid dienone is 2. The standard InChI is InChI=1S/C23H24N2O6S2/c1-22(2)16-12-14(32(26,27)28)8-10-18(16)24-20(22)6-5-7-21-23(3,4)17-13-15(33(29,30)31)9-11-19(17)25-21/h5-6,8-13H,7H2,1-4H3,(H,26,27,28)(H,29,30,31). The molecule has 10 heteroatoms. The molecule has 2 heterocycles. The molecule has 2 N–H and O–H groups in total. The van der Waals surface area contributed by atoms with Gasteiger partial charge in [0, 0.05) is 23.0 Å². The maximum Gasteiger partial charge on any atom is 0.294 e. The maximum absolute atomic E-state index is 11.5. The van der Waals surface area contributed by atoms with Gasteiger partial charge in [0.2, 0.25) is 0 Å². The minimum Gasteiger partial charge on any atom is -0.282 e. The van der Waals surface area contributed by atoms with Crippen molar-refractivity contribution in [2.45, 2.75) is 54.7 Å². The summed E-state index contributed by atoms with van der Waals surface area (Å²) in [5, 5.41) is 0. The Labute approximate surface area is 193 Å². The summed E-state index contributed by atoms with van der Waals surface area (Å²) in [7, 11) is -8.62. The number of benzene rings is 2. The predicted octanol–water partition coefficient (Wildman–Crippen LogP) is 4.55. The zero-order valence-electron chi connectivity index (χ0n) is 18.6. The van der Waals surface area contributed by atoms with Crippen molar-refractivity contribution in [3.05, 3.63) is 59.7 Å². The summed E-state index contributed by atoms with van der Waals surface area (Å²) in [5.41, 5.74) is 3.24. The summed E-state index contributed by atoms with van der Waals surface area (Å²) >= 11 is 0. The van der Waals surface area contributed by atoms with Gasteiger partial charge in [-0.15, -0.1) is 0 Å². The SMILES string of the molecule is CC1(C)C(C=CCC2=Nc3ccc(S(=O)(=O)O)cc3C2(C)C)=Nc2ccc(S(=O)(=O)O)cc21. The molecule has 0 saturated carbocycles. The van der Waals surface area contributed by atoms with Crippen LogP contribution in [0.3, 0.4) is 0 Å². The number of nitrogens with zero attached hydrogens (tertiary/aromatic N) is 2. The molecular weight excluding hydrogens is 464 g/mol. The molecule has 2 aromatic carbocycles. The van der Waals surface area contributed by atoms with Crippen LogP contribution in [0.15, 0.2) is 68.3 Å². The second-order valence-electron chi connectivity index (χ2n) is 9.22. The van der Waals surface area contributed by atoms with Crippen LogP contribution in [-0.2, 0) is 31.1 Å². The van der Waals surface area contributed by atoms with Gasteiger partial charge in [-0.25, -0.2) is 0 Å². The Morgan fingerprint density at radius 2 is 1.27 bits per heavy atom. The summed E-state index contributed by atoms with van der Waals surface area (Å²) in [6.07, 6.45) is 4.29. The lowest BCUT2D eigenvalue weighted by molar-refractivity contribution is 0.480. The first kappa shape index (κ1) is 23.5. The highest BCUT2D eigenvalue weighted by atomic mass is 32.2. The van der Waals surface area contributed by atoms with Gasteiger partial charge in [0.25, 0.3) is 20.2 Å². The Balaban J connectivity index is 1.57. The molecule has 0 spiro atoms. The molecule has 174 valence electrons. The van der Waals surface area contributed by atoms with E-state index in [1.807, 2.05) is 39.8 Å². The zero-order chi connectivity index (χ0) is 24.4. The molecule has 2 aliphatic heterocycles. The van der Waals surface area contributed by atoms with Crippen LogP contribution in [0.4, 0.5) is 11.4 Å². The fourth-order valence-electron chi connectivity index (χ4n) is 4.22. The Morgan fingerprint density at radius 3 is 1.79 bits per heavy atom. The lowest BCUT2D eigenvalue weighted by Gasteiger charge is -2.22. The highest BCUT2D eigenvalue weighted by Crippen LogP contribution is 2.43. The minimum atomic E-state index is -4.31. The van der Waals surface area contributed by atoms with Crippen LogP contribution in [0.25, 0.3) is 0 Å². The smallest absolute Gasteiger partial charge is 0.282 e. The van der Waals surface area contributed by atoms with Gasteiger partial charge in [0.1, 0.15) is 0 Å². The van der Waals surface area contributed by atoms with Crippen molar-refractivity contribution in [2.75, 3.05) is 0 Å². The van der Waals surface area contributed by atoms with Crippen LogP contribution in [-0.4, -0.2) is 37.4 Å². The molecule has 0 unspecified atom stereocenters. The lowest BCUT2D eigenvalue weighted by Crippen LogP contribution is -2.26. The first-order valence-corrected chi connectivity index (χ1v) is 13.1. The second kappa shape index (κ2) is 7.42. The first-order chi connectivity index (χ1) is 15.1. The predicted molar refractivity (Wildman–Crippen MR) is 127 cm³/mol. The van der Waals surface area contributed by atoms with E-state index in [1.54, 1.807) is 12.1 Å². The Hall–Kier alpha value is -2.66. The van der Waals surface area contributed by atoms with Gasteiger partial charge in [-0.2, -0.15) is 16.8 Å². The fraction of sp³-hybridized carbons (Fsp3) is 0.304. The maximum atomic E-state index is 11.5. The van der Waals surface area contributed by atoms with E-state index < -0.39 is 31.1 Å². The molecule has 0 aromatic heterocycles. The summed E-state index contributed by atoms with van der Waals surface area (Å²) in [4.78, 5) is 8.96. The van der Waals surface area contributed by atoms with E-state index in [4.69, 9.17) is 0 Å². The monoisotopic (exact) mass is 488 g/mol. The van der Waals surface area contributed by atoms with Gasteiger partial charge in [-0.3, -0.25) is 19.1 Å². The van der Waals surface area contributed by atoms with Gasteiger partial charge in [-0.1, -0.05) is 33.8 Å². The van der Waals surface area contributed by atoms with Crippen LogP contribution in [0.2, 0.25) is 0 Å². The number of aliphatic imine (C=N–C) groups is 2. The van der Waals surface area contributed by atoms with E-state index in [0.29, 0.717) is 23.4 Å². The van der Waals surface area contributed by atoms with Crippen molar-refractivity contribution in [3.8, 4) is 0 Å². The number of hydrogen-bond donors (Lipinski definition) is 2. The van der Waals surface area contributed by atoms with Crippen LogP contribution in [0.5, 0.6) is 0 Å². The minimum absolute atomic E-state index is 0.162. The summed E-state index contributed by atoms with van der Waals surface area (Å²) in [6.45, 7) is 7.76. The van der Waals surface area contributed by atoms with Gasteiger partial charge in [-0.05, 0) is 53.6 Å². The topological polar surface area (TPSA) is 133 Å². The van der Waals surface area contributed by atoms with E-state index in [9.17, 15) is 25.9 Å². The van der Waals surface area contributed by atoms with Gasteiger partial charge in [0.05, 0.1) is 26.9 Å². The third kappa shape index (κ3) is 4.08. The summed E-state index contributed by atoms with van der Waals surface area (Å²) < 4.78 is 64.8. The molecule has 0 aliphatic carbocycles. The Kier molecular flexibility index (Phi) is 5.29. The molecule has 0 fully saturated rings. The fourth-order valence-corrected chi connectivity index (χ4v) is 5.24. The largest absolute Gasteiger partial charge is 0.294 e. The van der Waals surface area contributed by atoms with Crippen molar-refractivity contribution in [3.63, 3.8) is 0 Å². The average Bonchev–Trinajstić information content (AvgIpc) is 3.10. The van der Waals surface area contributed by atoms with Crippen LogP contribution < -0.4 is 0 Å². The molecule has 0 amide bonds. The molecule has 0 radical (unpaired) electrons. The third-order valence-corrected chi connectivity index (χ3v) is 8.02. The third-order valence-electron chi connectivity index (χ3n) is 6.32. The average molecular weight is 489 g/mol. The summed E-state index contributed by atoms with van der Waals surface area (Å²) in [5.74, 6) is 0. The van der Waals surface area contributed by atoms with Crippen molar-refractivity contribution in [1.82, 2.24) is 0 Å². The van der Waals surface area contributed by atoms with Crippen molar-refractivity contribution < 1.29 is 25.9 Å². The summed E-state index contributed by atoms with van der Waals surface area (Å²) in [6, 6.07) is 8.73. The van der Waals surface area contributed by atoms with E-state index in [2.05, 4.69) is 9.98 Å². The van der Waals surface area contributed by atoms with E-state index in [0.717, 1.165) is 17.0 Å². The molecule has 0 saturated heterocycles. The highest BCUT2D eigenvalue weighted by Gasteiger charge is 2.36. The van der Waals surface area contributed by atoms with E-state index in [-0.39, 0.29) is 9.79 Å². The normalized spacial score (nSPS) is 18.7. The van der Waals surface area contributed by atoms with Crippen molar-refractivity contribution >= 4 is 43.0 Å². The van der Waals surface area contributed by atoms with Crippen LogP contribution >= 0.6 is 0 Å². The molecule has 2 aromatic rings. The molecule has 0 bridgehead atoms. The van der Waals surface area contributed by atoms with Crippen LogP contribution in [0, 0.1) is 0 Å². The van der Waals surface area contributed by atoms with Gasteiger partial charge < -0.3 is 0 Å². The molecule has 4 rings (SSSR count). The van der Waals surface area contributed by atoms with Gasteiger partial charge >= 0.3 is 0 Å². The molecule has 2 aliphatic rings. The first-order valence-electron chi connectivity index (χ1n) is 10.2. The lowest BCUT2D eigenvalue weighted by atomic mass is 9.79. The highest BCUT2D eigenvalue weighted by molar-refractivity contribution is 7.86.